The molecule has 0 spiro atoms. The third kappa shape index (κ3) is 3.76. The van der Waals surface area contributed by atoms with E-state index in [9.17, 15) is 4.79 Å². The molecular formula is C20H25N7O. The zero-order valence-corrected chi connectivity index (χ0v) is 16.2. The Morgan fingerprint density at radius 3 is 2.61 bits per heavy atom. The highest BCUT2D eigenvalue weighted by Crippen LogP contribution is 2.28. The molecule has 3 aromatic rings. The third-order valence-electron chi connectivity index (χ3n) is 5.22. The summed E-state index contributed by atoms with van der Waals surface area (Å²) in [5, 5.41) is 6.98. The zero-order valence-electron chi connectivity index (χ0n) is 16.2. The predicted octanol–water partition coefficient (Wildman–Crippen LogP) is 1.86. The largest absolute Gasteiger partial charge is 0.361 e. The number of benzene rings is 1. The number of nitrogens with zero attached hydrogens (tertiary/aromatic N) is 6. The lowest BCUT2D eigenvalue weighted by Gasteiger charge is -2.32. The van der Waals surface area contributed by atoms with Crippen molar-refractivity contribution >= 4 is 11.6 Å². The van der Waals surface area contributed by atoms with Gasteiger partial charge in [0.25, 0.3) is 0 Å². The molecule has 0 aliphatic carbocycles. The first-order valence-electron chi connectivity index (χ1n) is 9.55. The molecule has 28 heavy (non-hydrogen) atoms. The lowest BCUT2D eigenvalue weighted by Crippen LogP contribution is -2.35. The second-order valence-electron chi connectivity index (χ2n) is 7.35. The average Bonchev–Trinajstić information content (AvgIpc) is 3.09. The van der Waals surface area contributed by atoms with Crippen molar-refractivity contribution in [2.24, 2.45) is 0 Å². The Morgan fingerprint density at radius 1 is 1.14 bits per heavy atom. The molecule has 0 saturated carbocycles. The quantitative estimate of drug-likeness (QED) is 0.729. The molecule has 1 aliphatic heterocycles. The second-order valence-corrected chi connectivity index (χ2v) is 7.35. The standard InChI is InChI=1S/C20H25N7O/c1-25(2)17-12-21-13-18(22-17)26-10-8-16(9-11-26)19-23-24-20(28)27(19)14-15-6-4-3-5-7-15/h3-7,12-13,16H,8-11,14H2,1-2H3,(H,24,28). The van der Waals surface area contributed by atoms with E-state index in [2.05, 4.69) is 25.1 Å². The first-order valence-corrected chi connectivity index (χ1v) is 9.55. The van der Waals surface area contributed by atoms with Gasteiger partial charge in [-0.3, -0.25) is 9.55 Å². The van der Waals surface area contributed by atoms with E-state index in [1.54, 1.807) is 10.8 Å². The first-order chi connectivity index (χ1) is 13.6. The van der Waals surface area contributed by atoms with Crippen LogP contribution >= 0.6 is 0 Å². The molecule has 1 N–H and O–H groups in total. The fraction of sp³-hybridized carbons (Fsp3) is 0.400. The normalized spacial score (nSPS) is 15.0. The SMILES string of the molecule is CN(C)c1cncc(N2CCC(c3n[nH]c(=O)n3Cc3ccccc3)CC2)n1. The van der Waals surface area contributed by atoms with Gasteiger partial charge in [0.2, 0.25) is 0 Å². The van der Waals surface area contributed by atoms with Crippen LogP contribution in [0.2, 0.25) is 0 Å². The molecule has 0 atom stereocenters. The molecule has 0 bridgehead atoms. The number of rotatable bonds is 5. The molecule has 8 nitrogen and oxygen atoms in total. The smallest absolute Gasteiger partial charge is 0.343 e. The molecule has 0 radical (unpaired) electrons. The van der Waals surface area contributed by atoms with Gasteiger partial charge in [0.05, 0.1) is 18.9 Å². The maximum atomic E-state index is 12.3. The summed E-state index contributed by atoms with van der Waals surface area (Å²) < 4.78 is 1.77. The average molecular weight is 379 g/mol. The summed E-state index contributed by atoms with van der Waals surface area (Å²) in [4.78, 5) is 25.5. The van der Waals surface area contributed by atoms with Crippen molar-refractivity contribution in [3.63, 3.8) is 0 Å². The first kappa shape index (κ1) is 18.2. The van der Waals surface area contributed by atoms with Crippen molar-refractivity contribution < 1.29 is 0 Å². The van der Waals surface area contributed by atoms with E-state index in [1.807, 2.05) is 55.5 Å². The van der Waals surface area contributed by atoms with Crippen LogP contribution in [0.4, 0.5) is 11.6 Å². The van der Waals surface area contributed by atoms with Gasteiger partial charge in [-0.15, -0.1) is 0 Å². The highest BCUT2D eigenvalue weighted by Gasteiger charge is 2.26. The van der Waals surface area contributed by atoms with E-state index >= 15 is 0 Å². The van der Waals surface area contributed by atoms with Gasteiger partial charge in [-0.2, -0.15) is 5.10 Å². The van der Waals surface area contributed by atoms with Crippen LogP contribution < -0.4 is 15.5 Å². The van der Waals surface area contributed by atoms with Crippen LogP contribution in [0.3, 0.4) is 0 Å². The summed E-state index contributed by atoms with van der Waals surface area (Å²) in [5.74, 6) is 2.85. The van der Waals surface area contributed by atoms with Gasteiger partial charge in [0.1, 0.15) is 17.5 Å². The van der Waals surface area contributed by atoms with Crippen LogP contribution in [0.25, 0.3) is 0 Å². The van der Waals surface area contributed by atoms with Gasteiger partial charge in [0.15, 0.2) is 0 Å². The minimum Gasteiger partial charge on any atom is -0.361 e. The molecule has 1 fully saturated rings. The molecule has 146 valence electrons. The monoisotopic (exact) mass is 379 g/mol. The number of H-pyrrole nitrogens is 1. The molecule has 1 saturated heterocycles. The Kier molecular flexibility index (Phi) is 5.10. The van der Waals surface area contributed by atoms with Crippen LogP contribution in [-0.2, 0) is 6.54 Å². The summed E-state index contributed by atoms with van der Waals surface area (Å²) >= 11 is 0. The van der Waals surface area contributed by atoms with E-state index in [-0.39, 0.29) is 11.6 Å². The van der Waals surface area contributed by atoms with Crippen LogP contribution in [-0.4, -0.2) is 51.9 Å². The van der Waals surface area contributed by atoms with E-state index < -0.39 is 0 Å². The number of hydrogen-bond donors (Lipinski definition) is 1. The van der Waals surface area contributed by atoms with Crippen molar-refractivity contribution in [1.82, 2.24) is 24.7 Å². The van der Waals surface area contributed by atoms with Gasteiger partial charge >= 0.3 is 5.69 Å². The van der Waals surface area contributed by atoms with E-state index in [0.29, 0.717) is 6.54 Å². The van der Waals surface area contributed by atoms with Crippen molar-refractivity contribution in [3.05, 3.63) is 64.6 Å². The Hall–Kier alpha value is -3.16. The molecule has 1 aliphatic rings. The lowest BCUT2D eigenvalue weighted by molar-refractivity contribution is 0.466. The van der Waals surface area contributed by atoms with E-state index in [0.717, 1.165) is 49.0 Å². The highest BCUT2D eigenvalue weighted by atomic mass is 16.1. The molecule has 0 unspecified atom stereocenters. The van der Waals surface area contributed by atoms with Gasteiger partial charge in [0, 0.05) is 33.1 Å². The van der Waals surface area contributed by atoms with Gasteiger partial charge in [-0.1, -0.05) is 30.3 Å². The summed E-state index contributed by atoms with van der Waals surface area (Å²) in [5.41, 5.74) is 0.950. The number of piperidine rings is 1. The van der Waals surface area contributed by atoms with Gasteiger partial charge < -0.3 is 9.80 Å². The van der Waals surface area contributed by atoms with Crippen molar-refractivity contribution in [2.45, 2.75) is 25.3 Å². The highest BCUT2D eigenvalue weighted by molar-refractivity contribution is 5.45. The molecule has 1 aromatic carbocycles. The zero-order chi connectivity index (χ0) is 19.5. The summed E-state index contributed by atoms with van der Waals surface area (Å²) in [6.07, 6.45) is 5.43. The van der Waals surface area contributed by atoms with Crippen LogP contribution in [0.1, 0.15) is 30.1 Å². The van der Waals surface area contributed by atoms with E-state index in [1.165, 1.54) is 0 Å². The fourth-order valence-electron chi connectivity index (χ4n) is 3.64. The maximum Gasteiger partial charge on any atom is 0.343 e. The lowest BCUT2D eigenvalue weighted by atomic mass is 9.96. The molecule has 8 heteroatoms. The third-order valence-corrected chi connectivity index (χ3v) is 5.22. The molecule has 3 heterocycles. The Bertz CT molecular complexity index is 971. The number of aromatic amines is 1. The molecule has 2 aromatic heterocycles. The fourth-order valence-corrected chi connectivity index (χ4v) is 3.64. The maximum absolute atomic E-state index is 12.3. The topological polar surface area (TPSA) is 82.9 Å². The Labute approximate surface area is 163 Å². The van der Waals surface area contributed by atoms with Crippen LogP contribution in [0, 0.1) is 0 Å². The molecule has 0 amide bonds. The van der Waals surface area contributed by atoms with Gasteiger partial charge in [-0.05, 0) is 18.4 Å². The van der Waals surface area contributed by atoms with Crippen molar-refractivity contribution in [2.75, 3.05) is 37.0 Å². The van der Waals surface area contributed by atoms with Crippen molar-refractivity contribution in [3.8, 4) is 0 Å². The molecular weight excluding hydrogens is 354 g/mol. The van der Waals surface area contributed by atoms with Crippen LogP contribution in [0.15, 0.2) is 47.5 Å². The number of anilines is 2. The minimum absolute atomic E-state index is 0.147. The summed E-state index contributed by atoms with van der Waals surface area (Å²) in [6, 6.07) is 10.0. The predicted molar refractivity (Wildman–Crippen MR) is 109 cm³/mol. The van der Waals surface area contributed by atoms with Crippen LogP contribution in [0.5, 0.6) is 0 Å². The number of aromatic nitrogens is 5. The van der Waals surface area contributed by atoms with E-state index in [4.69, 9.17) is 0 Å². The number of hydrogen-bond acceptors (Lipinski definition) is 6. The summed E-state index contributed by atoms with van der Waals surface area (Å²) in [6.45, 7) is 2.27. The minimum atomic E-state index is -0.147. The number of nitrogens with one attached hydrogen (secondary N) is 1. The van der Waals surface area contributed by atoms with Gasteiger partial charge in [-0.25, -0.2) is 14.9 Å². The Morgan fingerprint density at radius 2 is 1.89 bits per heavy atom. The second kappa shape index (κ2) is 7.84. The summed E-state index contributed by atoms with van der Waals surface area (Å²) in [7, 11) is 3.92. The molecule has 4 rings (SSSR count). The van der Waals surface area contributed by atoms with Crippen molar-refractivity contribution in [1.29, 1.82) is 0 Å². The Balaban J connectivity index is 1.47.